The highest BCUT2D eigenvalue weighted by Crippen LogP contribution is 2.21. The van der Waals surface area contributed by atoms with Gasteiger partial charge < -0.3 is 4.74 Å². The molecule has 0 saturated heterocycles. The Morgan fingerprint density at radius 1 is 1.29 bits per heavy atom. The van der Waals surface area contributed by atoms with Crippen LogP contribution in [0.1, 0.15) is 18.3 Å². The van der Waals surface area contributed by atoms with Crippen molar-refractivity contribution in [3.8, 4) is 5.75 Å². The van der Waals surface area contributed by atoms with Crippen LogP contribution in [0.3, 0.4) is 0 Å². The molecule has 0 radical (unpaired) electrons. The zero-order chi connectivity index (χ0) is 12.1. The first kappa shape index (κ1) is 11.9. The van der Waals surface area contributed by atoms with Crippen LogP contribution in [0.4, 0.5) is 0 Å². The molecule has 0 aliphatic rings. The lowest BCUT2D eigenvalue weighted by atomic mass is 10.1. The highest BCUT2D eigenvalue weighted by Gasteiger charge is 2.02. The van der Waals surface area contributed by atoms with Gasteiger partial charge in [-0.3, -0.25) is 5.10 Å². The summed E-state index contributed by atoms with van der Waals surface area (Å²) in [7, 11) is 0. The summed E-state index contributed by atoms with van der Waals surface area (Å²) >= 11 is 6.03. The van der Waals surface area contributed by atoms with E-state index in [1.165, 1.54) is 6.33 Å². The largest absolute Gasteiger partial charge is 0.494 e. The Balaban J connectivity index is 2.04. The number of halogens is 1. The van der Waals surface area contributed by atoms with Gasteiger partial charge in [0.1, 0.15) is 17.9 Å². The summed E-state index contributed by atoms with van der Waals surface area (Å²) in [5, 5.41) is 7.35. The van der Waals surface area contributed by atoms with Gasteiger partial charge in [-0.1, -0.05) is 11.6 Å². The molecule has 0 aliphatic carbocycles. The Labute approximate surface area is 105 Å². The van der Waals surface area contributed by atoms with Crippen molar-refractivity contribution in [3.63, 3.8) is 0 Å². The summed E-state index contributed by atoms with van der Waals surface area (Å²) in [6.07, 6.45) is 3.18. The number of nitrogens with zero attached hydrogens (tertiary/aromatic N) is 2. The van der Waals surface area contributed by atoms with Crippen molar-refractivity contribution in [1.82, 2.24) is 15.2 Å². The van der Waals surface area contributed by atoms with E-state index in [1.54, 1.807) is 0 Å². The van der Waals surface area contributed by atoms with Crippen LogP contribution in [0, 0.1) is 0 Å². The van der Waals surface area contributed by atoms with Crippen molar-refractivity contribution in [2.75, 3.05) is 6.61 Å². The van der Waals surface area contributed by atoms with Crippen LogP contribution in [-0.2, 0) is 12.8 Å². The zero-order valence-electron chi connectivity index (χ0n) is 9.61. The maximum atomic E-state index is 6.03. The second-order valence-corrected chi connectivity index (χ2v) is 4.10. The number of nitrogens with one attached hydrogen (secondary N) is 1. The molecule has 0 spiro atoms. The van der Waals surface area contributed by atoms with Gasteiger partial charge in [-0.15, -0.1) is 0 Å². The molecule has 0 bridgehead atoms. The van der Waals surface area contributed by atoms with Crippen LogP contribution in [0.2, 0.25) is 5.02 Å². The molecule has 90 valence electrons. The molecule has 0 amide bonds. The lowest BCUT2D eigenvalue weighted by Crippen LogP contribution is -1.96. The van der Waals surface area contributed by atoms with Gasteiger partial charge in [-0.25, -0.2) is 4.98 Å². The molecule has 17 heavy (non-hydrogen) atoms. The molecule has 0 saturated carbocycles. The number of benzene rings is 1. The molecule has 0 unspecified atom stereocenters. The Hall–Kier alpha value is -1.55. The number of aromatic nitrogens is 3. The smallest absolute Gasteiger partial charge is 0.137 e. The number of ether oxygens (including phenoxy) is 1. The highest BCUT2D eigenvalue weighted by atomic mass is 35.5. The zero-order valence-corrected chi connectivity index (χ0v) is 10.4. The number of aryl methyl sites for hydroxylation is 2. The van der Waals surface area contributed by atoms with Crippen LogP contribution in [-0.4, -0.2) is 21.8 Å². The van der Waals surface area contributed by atoms with Crippen LogP contribution in [0.25, 0.3) is 0 Å². The van der Waals surface area contributed by atoms with Gasteiger partial charge in [0, 0.05) is 11.4 Å². The molecule has 2 aromatic rings. The number of hydrogen-bond donors (Lipinski definition) is 1. The number of H-pyrrole nitrogens is 1. The summed E-state index contributed by atoms with van der Waals surface area (Å²) in [4.78, 5) is 4.08. The van der Waals surface area contributed by atoms with E-state index in [9.17, 15) is 0 Å². The molecule has 5 heteroatoms. The molecule has 1 aromatic carbocycles. The van der Waals surface area contributed by atoms with Crippen molar-refractivity contribution in [2.24, 2.45) is 0 Å². The van der Waals surface area contributed by atoms with E-state index < -0.39 is 0 Å². The third kappa shape index (κ3) is 3.46. The van der Waals surface area contributed by atoms with E-state index in [0.717, 1.165) is 30.0 Å². The molecule has 0 fully saturated rings. The lowest BCUT2D eigenvalue weighted by molar-refractivity contribution is 0.340. The first-order chi connectivity index (χ1) is 8.28. The normalized spacial score (nSPS) is 10.5. The Bertz CT molecular complexity index is 471. The number of aromatic amines is 1. The first-order valence-electron chi connectivity index (χ1n) is 5.54. The third-order valence-corrected chi connectivity index (χ3v) is 2.58. The maximum Gasteiger partial charge on any atom is 0.137 e. The molecule has 0 aliphatic heterocycles. The van der Waals surface area contributed by atoms with E-state index in [0.29, 0.717) is 11.6 Å². The van der Waals surface area contributed by atoms with Gasteiger partial charge in [0.15, 0.2) is 0 Å². The SMILES string of the molecule is CCOc1cc(Cl)cc(CCc2ncn[nH]2)c1. The Morgan fingerprint density at radius 3 is 2.88 bits per heavy atom. The van der Waals surface area contributed by atoms with Crippen LogP contribution < -0.4 is 4.74 Å². The molecule has 0 atom stereocenters. The fourth-order valence-corrected chi connectivity index (χ4v) is 1.88. The summed E-state index contributed by atoms with van der Waals surface area (Å²) in [5.41, 5.74) is 1.14. The van der Waals surface area contributed by atoms with Gasteiger partial charge in [-0.05, 0) is 37.1 Å². The van der Waals surface area contributed by atoms with Crippen molar-refractivity contribution in [1.29, 1.82) is 0 Å². The second kappa shape index (κ2) is 5.68. The third-order valence-electron chi connectivity index (χ3n) is 2.36. The van der Waals surface area contributed by atoms with Crippen molar-refractivity contribution in [3.05, 3.63) is 40.9 Å². The summed E-state index contributed by atoms with van der Waals surface area (Å²) < 4.78 is 5.44. The summed E-state index contributed by atoms with van der Waals surface area (Å²) in [6, 6.07) is 5.77. The van der Waals surface area contributed by atoms with Crippen LogP contribution >= 0.6 is 11.6 Å². The van der Waals surface area contributed by atoms with Gasteiger partial charge in [0.2, 0.25) is 0 Å². The quantitative estimate of drug-likeness (QED) is 0.889. The molecular formula is C12H14ClN3O. The van der Waals surface area contributed by atoms with Gasteiger partial charge >= 0.3 is 0 Å². The van der Waals surface area contributed by atoms with E-state index in [1.807, 2.05) is 25.1 Å². The number of rotatable bonds is 5. The maximum absolute atomic E-state index is 6.03. The van der Waals surface area contributed by atoms with Gasteiger partial charge in [0.25, 0.3) is 0 Å². The van der Waals surface area contributed by atoms with Gasteiger partial charge in [0.05, 0.1) is 6.61 Å². The predicted molar refractivity (Wildman–Crippen MR) is 66.4 cm³/mol. The average Bonchev–Trinajstić information content (AvgIpc) is 2.79. The van der Waals surface area contributed by atoms with Gasteiger partial charge in [-0.2, -0.15) is 5.10 Å². The lowest BCUT2D eigenvalue weighted by Gasteiger charge is -2.06. The first-order valence-corrected chi connectivity index (χ1v) is 5.92. The molecule has 2 rings (SSSR count). The molecule has 1 N–H and O–H groups in total. The van der Waals surface area contributed by atoms with E-state index in [2.05, 4.69) is 15.2 Å². The minimum absolute atomic E-state index is 0.641. The molecule has 4 nitrogen and oxygen atoms in total. The Kier molecular flexibility index (Phi) is 3.98. The van der Waals surface area contributed by atoms with E-state index >= 15 is 0 Å². The standard InChI is InChI=1S/C12H14ClN3O/c1-2-17-11-6-9(5-10(13)7-11)3-4-12-14-8-15-16-12/h5-8H,2-4H2,1H3,(H,14,15,16). The topological polar surface area (TPSA) is 50.8 Å². The van der Waals surface area contributed by atoms with E-state index in [4.69, 9.17) is 16.3 Å². The van der Waals surface area contributed by atoms with Crippen LogP contribution in [0.15, 0.2) is 24.5 Å². The minimum atomic E-state index is 0.641. The van der Waals surface area contributed by atoms with Crippen molar-refractivity contribution >= 4 is 11.6 Å². The monoisotopic (exact) mass is 251 g/mol. The summed E-state index contributed by atoms with van der Waals surface area (Å²) in [5.74, 6) is 1.69. The fraction of sp³-hybridized carbons (Fsp3) is 0.333. The average molecular weight is 252 g/mol. The molecule has 1 heterocycles. The van der Waals surface area contributed by atoms with Crippen molar-refractivity contribution < 1.29 is 4.74 Å². The van der Waals surface area contributed by atoms with Crippen LogP contribution in [0.5, 0.6) is 5.75 Å². The summed E-state index contributed by atoms with van der Waals surface area (Å²) in [6.45, 7) is 2.59. The number of hydrogen-bond acceptors (Lipinski definition) is 3. The fourth-order valence-electron chi connectivity index (χ4n) is 1.63. The second-order valence-electron chi connectivity index (χ2n) is 3.66. The molecule has 1 aromatic heterocycles. The van der Waals surface area contributed by atoms with E-state index in [-0.39, 0.29) is 0 Å². The minimum Gasteiger partial charge on any atom is -0.494 e. The predicted octanol–water partition coefficient (Wildman–Crippen LogP) is 2.64. The van der Waals surface area contributed by atoms with Crippen molar-refractivity contribution in [2.45, 2.75) is 19.8 Å². The highest BCUT2D eigenvalue weighted by molar-refractivity contribution is 6.30. The molecular weight excluding hydrogens is 238 g/mol. The Morgan fingerprint density at radius 2 is 2.18 bits per heavy atom.